The van der Waals surface area contributed by atoms with Crippen molar-refractivity contribution in [3.05, 3.63) is 52.5 Å². The number of halogens is 1. The Morgan fingerprint density at radius 2 is 1.90 bits per heavy atom. The van der Waals surface area contributed by atoms with E-state index in [2.05, 4.69) is 21.2 Å². The Morgan fingerprint density at radius 1 is 1.19 bits per heavy atom. The first-order chi connectivity index (χ1) is 10.1. The van der Waals surface area contributed by atoms with Crippen molar-refractivity contribution in [2.24, 2.45) is 11.5 Å². The van der Waals surface area contributed by atoms with Gasteiger partial charge in [0.15, 0.2) is 0 Å². The molecule has 1 amide bonds. The average molecular weight is 350 g/mol. The predicted molar refractivity (Wildman–Crippen MR) is 86.9 cm³/mol. The number of nitrogens with one attached hydrogen (secondary N) is 1. The van der Waals surface area contributed by atoms with Crippen LogP contribution in [-0.2, 0) is 0 Å². The minimum atomic E-state index is -0.493. The van der Waals surface area contributed by atoms with Crippen LogP contribution in [0.25, 0.3) is 0 Å². The lowest BCUT2D eigenvalue weighted by atomic mass is 10.1. The maximum Gasteiger partial charge on any atom is 0.251 e. The highest BCUT2D eigenvalue weighted by atomic mass is 79.9. The Morgan fingerprint density at radius 3 is 2.52 bits per heavy atom. The largest absolute Gasteiger partial charge is 0.492 e. The molecule has 0 fully saturated rings. The number of amides is 1. The van der Waals surface area contributed by atoms with Gasteiger partial charge < -0.3 is 21.5 Å². The van der Waals surface area contributed by atoms with Crippen molar-refractivity contribution in [2.75, 3.05) is 18.5 Å². The van der Waals surface area contributed by atoms with Crippen LogP contribution >= 0.6 is 15.9 Å². The zero-order valence-electron chi connectivity index (χ0n) is 11.3. The quantitative estimate of drug-likeness (QED) is 0.747. The molecular weight excluding hydrogens is 334 g/mol. The fourth-order valence-corrected chi connectivity index (χ4v) is 2.41. The van der Waals surface area contributed by atoms with Gasteiger partial charge in [0.1, 0.15) is 12.4 Å². The number of ether oxygens (including phenoxy) is 1. The Balaban J connectivity index is 2.19. The molecule has 0 saturated heterocycles. The molecule has 110 valence electrons. The Labute approximate surface area is 131 Å². The van der Waals surface area contributed by atoms with E-state index in [0.717, 1.165) is 11.4 Å². The summed E-state index contributed by atoms with van der Waals surface area (Å²) in [6, 6.07) is 12.8. The highest BCUT2D eigenvalue weighted by molar-refractivity contribution is 9.10. The molecule has 0 aliphatic carbocycles. The van der Waals surface area contributed by atoms with E-state index in [1.54, 1.807) is 12.1 Å². The molecule has 0 atom stereocenters. The first-order valence-electron chi connectivity index (χ1n) is 6.40. The molecule has 0 bridgehead atoms. The Hall–Kier alpha value is -2.05. The number of hydrogen-bond acceptors (Lipinski definition) is 4. The summed E-state index contributed by atoms with van der Waals surface area (Å²) in [5, 5.41) is 3.17. The smallest absolute Gasteiger partial charge is 0.251 e. The molecule has 2 aromatic rings. The summed E-state index contributed by atoms with van der Waals surface area (Å²) in [4.78, 5) is 11.5. The van der Waals surface area contributed by atoms with Crippen LogP contribution in [0.3, 0.4) is 0 Å². The second kappa shape index (κ2) is 7.10. The van der Waals surface area contributed by atoms with E-state index < -0.39 is 5.91 Å². The summed E-state index contributed by atoms with van der Waals surface area (Å²) in [6.07, 6.45) is 0. The van der Waals surface area contributed by atoms with Gasteiger partial charge in [0, 0.05) is 16.7 Å². The van der Waals surface area contributed by atoms with Crippen LogP contribution in [-0.4, -0.2) is 19.1 Å². The van der Waals surface area contributed by atoms with E-state index in [4.69, 9.17) is 16.2 Å². The molecule has 5 nitrogen and oxygen atoms in total. The number of benzene rings is 2. The highest BCUT2D eigenvalue weighted by Gasteiger charge is 2.12. The third kappa shape index (κ3) is 3.96. The van der Waals surface area contributed by atoms with Gasteiger partial charge in [-0.15, -0.1) is 0 Å². The van der Waals surface area contributed by atoms with Gasteiger partial charge in [-0.05, 0) is 52.3 Å². The van der Waals surface area contributed by atoms with Gasteiger partial charge in [-0.25, -0.2) is 0 Å². The van der Waals surface area contributed by atoms with Crippen molar-refractivity contribution in [3.63, 3.8) is 0 Å². The van der Waals surface area contributed by atoms with Gasteiger partial charge in [-0.3, -0.25) is 4.79 Å². The average Bonchev–Trinajstić information content (AvgIpc) is 2.46. The second-order valence-corrected chi connectivity index (χ2v) is 5.17. The number of primary amides is 1. The molecule has 6 heteroatoms. The van der Waals surface area contributed by atoms with E-state index >= 15 is 0 Å². The van der Waals surface area contributed by atoms with Gasteiger partial charge in [-0.1, -0.05) is 6.07 Å². The predicted octanol–water partition coefficient (Wildman–Crippen LogP) is 2.63. The van der Waals surface area contributed by atoms with Gasteiger partial charge >= 0.3 is 0 Å². The lowest BCUT2D eigenvalue weighted by Gasteiger charge is -2.12. The molecule has 2 rings (SSSR count). The van der Waals surface area contributed by atoms with Crippen molar-refractivity contribution in [2.45, 2.75) is 0 Å². The molecule has 0 spiro atoms. The molecule has 5 N–H and O–H groups in total. The molecule has 21 heavy (non-hydrogen) atoms. The monoisotopic (exact) mass is 349 g/mol. The molecule has 0 aromatic heterocycles. The van der Waals surface area contributed by atoms with E-state index in [0.29, 0.717) is 28.9 Å². The van der Waals surface area contributed by atoms with Crippen LogP contribution in [0.4, 0.5) is 11.4 Å². The molecule has 0 radical (unpaired) electrons. The topological polar surface area (TPSA) is 90.4 Å². The molecule has 0 heterocycles. The van der Waals surface area contributed by atoms with E-state index in [-0.39, 0.29) is 0 Å². The zero-order chi connectivity index (χ0) is 15.2. The number of carbonyl (C=O) groups is 1. The van der Waals surface area contributed by atoms with Gasteiger partial charge in [0.25, 0.3) is 5.91 Å². The molecule has 2 aromatic carbocycles. The molecule has 0 unspecified atom stereocenters. The Kier molecular flexibility index (Phi) is 5.19. The minimum Gasteiger partial charge on any atom is -0.492 e. The SMILES string of the molecule is NCCOc1ccc(Nc2cccc(Br)c2C(N)=O)cc1. The maximum absolute atomic E-state index is 11.5. The Bertz CT molecular complexity index is 629. The summed E-state index contributed by atoms with van der Waals surface area (Å²) >= 11 is 3.33. The van der Waals surface area contributed by atoms with Crippen molar-refractivity contribution in [3.8, 4) is 5.75 Å². The van der Waals surface area contributed by atoms with Gasteiger partial charge in [0.2, 0.25) is 0 Å². The fraction of sp³-hybridized carbons (Fsp3) is 0.133. The van der Waals surface area contributed by atoms with Gasteiger partial charge in [0.05, 0.1) is 11.3 Å². The van der Waals surface area contributed by atoms with Gasteiger partial charge in [-0.2, -0.15) is 0 Å². The first kappa shape index (κ1) is 15.3. The van der Waals surface area contributed by atoms with Crippen LogP contribution in [0, 0.1) is 0 Å². The highest BCUT2D eigenvalue weighted by Crippen LogP contribution is 2.27. The number of rotatable bonds is 6. The molecule has 0 aliphatic heterocycles. The van der Waals surface area contributed by atoms with Crippen molar-refractivity contribution in [1.29, 1.82) is 0 Å². The van der Waals surface area contributed by atoms with Crippen molar-refractivity contribution < 1.29 is 9.53 Å². The molecule has 0 saturated carbocycles. The van der Waals surface area contributed by atoms with Crippen molar-refractivity contribution in [1.82, 2.24) is 0 Å². The van der Waals surface area contributed by atoms with Crippen LogP contribution in [0.5, 0.6) is 5.75 Å². The standard InChI is InChI=1S/C15H16BrN3O2/c16-12-2-1-3-13(14(12)15(18)20)19-10-4-6-11(7-5-10)21-9-8-17/h1-7,19H,8-9,17H2,(H2,18,20). The van der Waals surface area contributed by atoms with Crippen LogP contribution < -0.4 is 21.5 Å². The molecule has 0 aliphatic rings. The zero-order valence-corrected chi connectivity index (χ0v) is 12.9. The number of nitrogens with two attached hydrogens (primary N) is 2. The number of hydrogen-bond donors (Lipinski definition) is 3. The van der Waals surface area contributed by atoms with Crippen LogP contribution in [0.1, 0.15) is 10.4 Å². The van der Waals surface area contributed by atoms with Crippen molar-refractivity contribution >= 4 is 33.2 Å². The summed E-state index contributed by atoms with van der Waals surface area (Å²) in [5.74, 6) is 0.253. The van der Waals surface area contributed by atoms with E-state index in [1.165, 1.54) is 0 Å². The summed E-state index contributed by atoms with van der Waals surface area (Å²) in [5.41, 5.74) is 12.7. The van der Waals surface area contributed by atoms with E-state index in [9.17, 15) is 4.79 Å². The lowest BCUT2D eigenvalue weighted by Crippen LogP contribution is -2.14. The lowest BCUT2D eigenvalue weighted by molar-refractivity contribution is 0.100. The normalized spacial score (nSPS) is 10.2. The number of carbonyl (C=O) groups excluding carboxylic acids is 1. The van der Waals surface area contributed by atoms with Crippen LogP contribution in [0.15, 0.2) is 46.9 Å². The molecular formula is C15H16BrN3O2. The summed E-state index contributed by atoms with van der Waals surface area (Å²) in [6.45, 7) is 0.949. The summed E-state index contributed by atoms with van der Waals surface area (Å²) < 4.78 is 6.06. The third-order valence-electron chi connectivity index (χ3n) is 2.78. The first-order valence-corrected chi connectivity index (χ1v) is 7.19. The summed E-state index contributed by atoms with van der Waals surface area (Å²) in [7, 11) is 0. The van der Waals surface area contributed by atoms with Crippen LogP contribution in [0.2, 0.25) is 0 Å². The third-order valence-corrected chi connectivity index (χ3v) is 3.44. The number of anilines is 2. The maximum atomic E-state index is 11.5. The minimum absolute atomic E-state index is 0.418. The van der Waals surface area contributed by atoms with E-state index in [1.807, 2.05) is 30.3 Å². The fourth-order valence-electron chi connectivity index (χ4n) is 1.85. The second-order valence-electron chi connectivity index (χ2n) is 4.31.